The predicted octanol–water partition coefficient (Wildman–Crippen LogP) is 1.89. The SMILES string of the molecule is CC(=O)Br.CC(=O)OC(C)C. The number of esters is 1. The molecule has 0 amide bonds. The largest absolute Gasteiger partial charge is 0.463 e. The average Bonchev–Trinajstić information content (AvgIpc) is 1.56. The summed E-state index contributed by atoms with van der Waals surface area (Å²) in [6.45, 7) is 6.49. The van der Waals surface area contributed by atoms with Crippen molar-refractivity contribution in [2.75, 3.05) is 0 Å². The first-order valence-electron chi connectivity index (χ1n) is 3.19. The van der Waals surface area contributed by atoms with Gasteiger partial charge in [-0.3, -0.25) is 9.59 Å². The summed E-state index contributed by atoms with van der Waals surface area (Å²) in [6.07, 6.45) is 0.0255. The standard InChI is InChI=1S/C5H10O2.C2H3BrO/c1-4(2)7-5(3)6;1-2(3)4/h4H,1-3H3;1H3. The molecule has 0 saturated heterocycles. The van der Waals surface area contributed by atoms with Gasteiger partial charge in [-0.25, -0.2) is 0 Å². The van der Waals surface area contributed by atoms with E-state index in [0.29, 0.717) is 0 Å². The molecule has 0 aromatic rings. The fourth-order valence-electron chi connectivity index (χ4n) is 0.332. The van der Waals surface area contributed by atoms with Crippen LogP contribution in [0.2, 0.25) is 0 Å². The second kappa shape index (κ2) is 7.72. The second-order valence-corrected chi connectivity index (χ2v) is 3.25. The highest BCUT2D eigenvalue weighted by Gasteiger charge is 1.93. The molecule has 0 N–H and O–H groups in total. The fourth-order valence-corrected chi connectivity index (χ4v) is 0.332. The van der Waals surface area contributed by atoms with Crippen molar-refractivity contribution < 1.29 is 14.3 Å². The van der Waals surface area contributed by atoms with Gasteiger partial charge in [-0.05, 0) is 29.8 Å². The van der Waals surface area contributed by atoms with Crippen LogP contribution in [0.1, 0.15) is 27.7 Å². The number of halogens is 1. The molecule has 0 aliphatic carbocycles. The van der Waals surface area contributed by atoms with Crippen molar-refractivity contribution in [3.8, 4) is 0 Å². The molecule has 0 spiro atoms. The second-order valence-electron chi connectivity index (χ2n) is 2.13. The van der Waals surface area contributed by atoms with Gasteiger partial charge >= 0.3 is 5.97 Å². The van der Waals surface area contributed by atoms with Gasteiger partial charge in [0.2, 0.25) is 0 Å². The highest BCUT2D eigenvalue weighted by molar-refractivity contribution is 9.18. The summed E-state index contributed by atoms with van der Waals surface area (Å²) in [5, 5.41) is 0. The van der Waals surface area contributed by atoms with Crippen LogP contribution in [-0.2, 0) is 14.3 Å². The van der Waals surface area contributed by atoms with Crippen molar-refractivity contribution in [1.29, 1.82) is 0 Å². The Hall–Kier alpha value is -0.380. The number of carbonyl (C=O) groups is 2. The molecular formula is C7H13BrO3. The molecule has 0 aliphatic heterocycles. The lowest BCUT2D eigenvalue weighted by Gasteiger charge is -2.01. The van der Waals surface area contributed by atoms with E-state index in [1.54, 1.807) is 0 Å². The van der Waals surface area contributed by atoms with Crippen molar-refractivity contribution in [2.24, 2.45) is 0 Å². The first-order chi connectivity index (χ1) is 4.86. The minimum Gasteiger partial charge on any atom is -0.463 e. The smallest absolute Gasteiger partial charge is 0.302 e. The van der Waals surface area contributed by atoms with E-state index in [1.165, 1.54) is 13.8 Å². The molecule has 0 atom stereocenters. The van der Waals surface area contributed by atoms with Crippen LogP contribution in [0.25, 0.3) is 0 Å². The van der Waals surface area contributed by atoms with Crippen molar-refractivity contribution >= 4 is 26.6 Å². The molecule has 3 nitrogen and oxygen atoms in total. The molecule has 0 aliphatic rings. The van der Waals surface area contributed by atoms with Crippen LogP contribution in [0.15, 0.2) is 0 Å². The lowest BCUT2D eigenvalue weighted by atomic mass is 10.5. The molecule has 4 heteroatoms. The Kier molecular flexibility index (Phi) is 9.29. The van der Waals surface area contributed by atoms with Gasteiger partial charge in [0, 0.05) is 13.8 Å². The molecule has 0 rings (SSSR count). The minimum absolute atomic E-state index is 0.0208. The molecular weight excluding hydrogens is 212 g/mol. The van der Waals surface area contributed by atoms with Crippen LogP contribution >= 0.6 is 15.9 Å². The summed E-state index contributed by atoms with van der Waals surface area (Å²) >= 11 is 2.63. The van der Waals surface area contributed by atoms with Crippen molar-refractivity contribution in [1.82, 2.24) is 0 Å². The topological polar surface area (TPSA) is 43.4 Å². The van der Waals surface area contributed by atoms with E-state index < -0.39 is 0 Å². The van der Waals surface area contributed by atoms with Crippen molar-refractivity contribution in [3.05, 3.63) is 0 Å². The molecule has 0 unspecified atom stereocenters. The molecule has 0 aromatic carbocycles. The summed E-state index contributed by atoms with van der Waals surface area (Å²) in [5.74, 6) is -0.213. The molecule has 66 valence electrons. The highest BCUT2D eigenvalue weighted by atomic mass is 79.9. The van der Waals surface area contributed by atoms with E-state index in [2.05, 4.69) is 20.7 Å². The van der Waals surface area contributed by atoms with E-state index in [4.69, 9.17) is 0 Å². The van der Waals surface area contributed by atoms with E-state index in [-0.39, 0.29) is 16.8 Å². The zero-order valence-corrected chi connectivity index (χ0v) is 8.77. The lowest BCUT2D eigenvalue weighted by molar-refractivity contribution is -0.144. The first-order valence-corrected chi connectivity index (χ1v) is 3.98. The minimum atomic E-state index is -0.213. The van der Waals surface area contributed by atoms with Gasteiger partial charge in [0.15, 0.2) is 4.69 Å². The maximum Gasteiger partial charge on any atom is 0.302 e. The van der Waals surface area contributed by atoms with Crippen LogP contribution in [0.3, 0.4) is 0 Å². The van der Waals surface area contributed by atoms with E-state index in [0.717, 1.165) is 0 Å². The maximum absolute atomic E-state index is 10.0. The van der Waals surface area contributed by atoms with Gasteiger partial charge in [0.1, 0.15) is 0 Å². The third-order valence-electron chi connectivity index (χ3n) is 0.402. The quantitative estimate of drug-likeness (QED) is 0.505. The van der Waals surface area contributed by atoms with Crippen LogP contribution in [-0.4, -0.2) is 16.8 Å². The molecule has 0 heterocycles. The Morgan fingerprint density at radius 2 is 1.55 bits per heavy atom. The van der Waals surface area contributed by atoms with Crippen LogP contribution in [0, 0.1) is 0 Å². The summed E-state index contributed by atoms with van der Waals surface area (Å²) in [5.41, 5.74) is 0. The Labute approximate surface area is 75.2 Å². The van der Waals surface area contributed by atoms with Crippen molar-refractivity contribution in [2.45, 2.75) is 33.8 Å². The van der Waals surface area contributed by atoms with E-state index in [9.17, 15) is 9.59 Å². The average molecular weight is 225 g/mol. The first kappa shape index (κ1) is 13.2. The number of ether oxygens (including phenoxy) is 1. The van der Waals surface area contributed by atoms with E-state index >= 15 is 0 Å². The summed E-state index contributed by atoms with van der Waals surface area (Å²) < 4.78 is 4.59. The molecule has 0 bridgehead atoms. The van der Waals surface area contributed by atoms with Gasteiger partial charge in [0.25, 0.3) is 0 Å². The number of hydrogen-bond donors (Lipinski definition) is 0. The third kappa shape index (κ3) is 42.6. The number of rotatable bonds is 1. The van der Waals surface area contributed by atoms with Crippen LogP contribution in [0.5, 0.6) is 0 Å². The Morgan fingerprint density at radius 3 is 1.55 bits per heavy atom. The monoisotopic (exact) mass is 224 g/mol. The Bertz CT molecular complexity index is 128. The molecule has 11 heavy (non-hydrogen) atoms. The maximum atomic E-state index is 10.0. The Morgan fingerprint density at radius 1 is 1.27 bits per heavy atom. The molecule has 0 aromatic heterocycles. The van der Waals surface area contributed by atoms with Crippen LogP contribution in [0.4, 0.5) is 0 Å². The summed E-state index contributed by atoms with van der Waals surface area (Å²) in [7, 11) is 0. The molecule has 0 radical (unpaired) electrons. The zero-order chi connectivity index (χ0) is 9.44. The number of carbonyl (C=O) groups excluding carboxylic acids is 2. The van der Waals surface area contributed by atoms with Crippen LogP contribution < -0.4 is 0 Å². The summed E-state index contributed by atoms with van der Waals surface area (Å²) in [4.78, 5) is 19.4. The zero-order valence-electron chi connectivity index (χ0n) is 7.18. The Balaban J connectivity index is 0. The van der Waals surface area contributed by atoms with Gasteiger partial charge in [0.05, 0.1) is 6.10 Å². The van der Waals surface area contributed by atoms with Gasteiger partial charge in [-0.15, -0.1) is 0 Å². The lowest BCUT2D eigenvalue weighted by Crippen LogP contribution is -2.06. The van der Waals surface area contributed by atoms with Gasteiger partial charge in [-0.1, -0.05) is 0 Å². The highest BCUT2D eigenvalue weighted by Crippen LogP contribution is 1.85. The van der Waals surface area contributed by atoms with Gasteiger partial charge < -0.3 is 4.74 Å². The molecule has 0 saturated carbocycles. The molecule has 0 fully saturated rings. The predicted molar refractivity (Wildman–Crippen MR) is 46.5 cm³/mol. The number of hydrogen-bond acceptors (Lipinski definition) is 3. The summed E-state index contributed by atoms with van der Waals surface area (Å²) in [6, 6.07) is 0. The van der Waals surface area contributed by atoms with Gasteiger partial charge in [-0.2, -0.15) is 0 Å². The van der Waals surface area contributed by atoms with E-state index in [1.807, 2.05) is 13.8 Å². The third-order valence-corrected chi connectivity index (χ3v) is 0.402. The van der Waals surface area contributed by atoms with Crippen molar-refractivity contribution in [3.63, 3.8) is 0 Å². The normalized spacial score (nSPS) is 8.18. The fraction of sp³-hybridized carbons (Fsp3) is 0.714.